The maximum absolute atomic E-state index is 13.5. The van der Waals surface area contributed by atoms with Gasteiger partial charge in [-0.1, -0.05) is 56.3 Å². The monoisotopic (exact) mass is 403 g/mol. The zero-order valence-corrected chi connectivity index (χ0v) is 18.0. The number of piperazine rings is 1. The van der Waals surface area contributed by atoms with E-state index < -0.39 is 0 Å². The smallest absolute Gasteiger partial charge is 0.258 e. The van der Waals surface area contributed by atoms with Crippen LogP contribution in [0.4, 0.5) is 0 Å². The molecular formula is C25H31N4O+. The van der Waals surface area contributed by atoms with Crippen LogP contribution in [0.15, 0.2) is 60.8 Å². The lowest BCUT2D eigenvalue weighted by Gasteiger charge is -2.32. The van der Waals surface area contributed by atoms with Gasteiger partial charge in [-0.2, -0.15) is 5.10 Å². The fourth-order valence-corrected chi connectivity index (χ4v) is 4.15. The molecule has 0 radical (unpaired) electrons. The molecule has 4 rings (SSSR count). The van der Waals surface area contributed by atoms with Gasteiger partial charge in [0.1, 0.15) is 5.69 Å². The van der Waals surface area contributed by atoms with E-state index in [0.717, 1.165) is 49.5 Å². The Hall–Kier alpha value is -2.92. The lowest BCUT2D eigenvalue weighted by molar-refractivity contribution is -0.904. The number of hydrogen-bond acceptors (Lipinski definition) is 2. The van der Waals surface area contributed by atoms with Gasteiger partial charge < -0.3 is 9.80 Å². The second-order valence-corrected chi connectivity index (χ2v) is 8.01. The lowest BCUT2D eigenvalue weighted by atomic mass is 10.0. The van der Waals surface area contributed by atoms with E-state index in [1.54, 1.807) is 4.90 Å². The molecule has 0 saturated carbocycles. The Bertz CT molecular complexity index is 970. The molecule has 0 bridgehead atoms. The largest absolute Gasteiger partial charge is 0.332 e. The highest BCUT2D eigenvalue weighted by Gasteiger charge is 2.28. The van der Waals surface area contributed by atoms with Crippen molar-refractivity contribution in [3.63, 3.8) is 0 Å². The maximum Gasteiger partial charge on any atom is 0.258 e. The predicted octanol–water partition coefficient (Wildman–Crippen LogP) is 2.85. The molecule has 3 aromatic rings. The van der Waals surface area contributed by atoms with E-state index in [1.807, 2.05) is 46.1 Å². The first kappa shape index (κ1) is 20.4. The minimum atomic E-state index is 0.0855. The third-order valence-corrected chi connectivity index (χ3v) is 5.96. The van der Waals surface area contributed by atoms with Crippen molar-refractivity contribution < 1.29 is 9.69 Å². The minimum absolute atomic E-state index is 0.0855. The minimum Gasteiger partial charge on any atom is -0.332 e. The topological polar surface area (TPSA) is 42.6 Å². The van der Waals surface area contributed by atoms with Gasteiger partial charge in [-0.05, 0) is 30.5 Å². The second-order valence-electron chi connectivity index (χ2n) is 8.01. The third kappa shape index (κ3) is 4.31. The van der Waals surface area contributed by atoms with Gasteiger partial charge in [0.15, 0.2) is 0 Å². The third-order valence-electron chi connectivity index (χ3n) is 5.96. The molecular weight excluding hydrogens is 372 g/mol. The number of hydrogen-bond donors (Lipinski definition) is 1. The van der Waals surface area contributed by atoms with Gasteiger partial charge in [-0.15, -0.1) is 0 Å². The highest BCUT2D eigenvalue weighted by Crippen LogP contribution is 2.25. The number of aryl methyl sites for hydroxylation is 1. The van der Waals surface area contributed by atoms with Crippen molar-refractivity contribution in [2.24, 2.45) is 0 Å². The van der Waals surface area contributed by atoms with Crippen LogP contribution in [0.1, 0.15) is 36.2 Å². The Balaban J connectivity index is 1.66. The average Bonchev–Trinajstić information content (AvgIpc) is 3.25. The molecule has 0 unspecified atom stereocenters. The summed E-state index contributed by atoms with van der Waals surface area (Å²) in [6.07, 6.45) is 4.08. The first-order valence-electron chi connectivity index (χ1n) is 11.1. The SMILES string of the molecule is CCC[NH+]1CCN(C(=O)c2cn(-c3ccccc3)nc2-c2ccc(CC)cc2)CC1. The Morgan fingerprint density at radius 2 is 1.70 bits per heavy atom. The summed E-state index contributed by atoms with van der Waals surface area (Å²) >= 11 is 0. The number of quaternary nitrogens is 1. The van der Waals surface area contributed by atoms with E-state index in [0.29, 0.717) is 5.56 Å². The summed E-state index contributed by atoms with van der Waals surface area (Å²) in [6.45, 7) is 9.20. The standard InChI is InChI=1S/C25H30N4O/c1-3-14-27-15-17-28(18-16-27)25(30)23-19-29(22-8-6-5-7-9-22)26-24(23)21-12-10-20(4-2)11-13-21/h5-13,19H,3-4,14-18H2,1-2H3/p+1. The molecule has 156 valence electrons. The lowest BCUT2D eigenvalue weighted by Crippen LogP contribution is -3.14. The van der Waals surface area contributed by atoms with Crippen LogP contribution in [0.5, 0.6) is 0 Å². The first-order valence-corrected chi connectivity index (χ1v) is 11.1. The van der Waals surface area contributed by atoms with Crippen LogP contribution in [0.2, 0.25) is 0 Å². The van der Waals surface area contributed by atoms with Gasteiger partial charge in [-0.25, -0.2) is 4.68 Å². The molecule has 2 aromatic carbocycles. The van der Waals surface area contributed by atoms with E-state index in [-0.39, 0.29) is 5.91 Å². The van der Waals surface area contributed by atoms with Crippen molar-refractivity contribution in [3.05, 3.63) is 71.9 Å². The summed E-state index contributed by atoms with van der Waals surface area (Å²) in [6, 6.07) is 18.4. The normalized spacial score (nSPS) is 14.8. The molecule has 0 aliphatic carbocycles. The van der Waals surface area contributed by atoms with Crippen molar-refractivity contribution in [2.45, 2.75) is 26.7 Å². The highest BCUT2D eigenvalue weighted by molar-refractivity contribution is 6.00. The van der Waals surface area contributed by atoms with Crippen LogP contribution in [0.3, 0.4) is 0 Å². The van der Waals surface area contributed by atoms with E-state index in [1.165, 1.54) is 18.5 Å². The molecule has 5 nitrogen and oxygen atoms in total. The molecule has 2 heterocycles. The Kier molecular flexibility index (Phi) is 6.29. The average molecular weight is 404 g/mol. The van der Waals surface area contributed by atoms with Crippen LogP contribution >= 0.6 is 0 Å². The quantitative estimate of drug-likeness (QED) is 0.688. The Labute approximate surface area is 178 Å². The molecule has 1 aromatic heterocycles. The van der Waals surface area contributed by atoms with Gasteiger partial charge in [0.2, 0.25) is 0 Å². The molecule has 1 amide bonds. The number of amides is 1. The number of benzene rings is 2. The first-order chi connectivity index (χ1) is 14.7. The van der Waals surface area contributed by atoms with Gasteiger partial charge >= 0.3 is 0 Å². The van der Waals surface area contributed by atoms with Crippen molar-refractivity contribution in [2.75, 3.05) is 32.7 Å². The number of carbonyl (C=O) groups excluding carboxylic acids is 1. The number of nitrogens with zero attached hydrogens (tertiary/aromatic N) is 3. The fourth-order valence-electron chi connectivity index (χ4n) is 4.15. The number of para-hydroxylation sites is 1. The molecule has 1 N–H and O–H groups in total. The van der Waals surface area contributed by atoms with Crippen molar-refractivity contribution in [1.82, 2.24) is 14.7 Å². The molecule has 0 atom stereocenters. The van der Waals surface area contributed by atoms with E-state index in [4.69, 9.17) is 5.10 Å². The van der Waals surface area contributed by atoms with Gasteiger partial charge in [0.25, 0.3) is 5.91 Å². The van der Waals surface area contributed by atoms with Crippen LogP contribution in [0, 0.1) is 0 Å². The van der Waals surface area contributed by atoms with E-state index in [9.17, 15) is 4.79 Å². The summed E-state index contributed by atoms with van der Waals surface area (Å²) in [5.74, 6) is 0.0855. The molecule has 1 saturated heterocycles. The van der Waals surface area contributed by atoms with Crippen LogP contribution in [-0.4, -0.2) is 53.3 Å². The van der Waals surface area contributed by atoms with E-state index >= 15 is 0 Å². The van der Waals surface area contributed by atoms with Crippen molar-refractivity contribution in [1.29, 1.82) is 0 Å². The molecule has 1 aliphatic heterocycles. The Morgan fingerprint density at radius 3 is 2.33 bits per heavy atom. The molecule has 0 spiro atoms. The van der Waals surface area contributed by atoms with Gasteiger partial charge in [0.05, 0.1) is 44.0 Å². The Morgan fingerprint density at radius 1 is 1.00 bits per heavy atom. The summed E-state index contributed by atoms with van der Waals surface area (Å²) in [5, 5.41) is 4.83. The summed E-state index contributed by atoms with van der Waals surface area (Å²) in [7, 11) is 0. The molecule has 30 heavy (non-hydrogen) atoms. The predicted molar refractivity (Wildman–Crippen MR) is 120 cm³/mol. The number of carbonyl (C=O) groups is 1. The zero-order valence-electron chi connectivity index (χ0n) is 18.0. The van der Waals surface area contributed by atoms with Gasteiger partial charge in [-0.3, -0.25) is 4.79 Å². The van der Waals surface area contributed by atoms with Crippen molar-refractivity contribution >= 4 is 5.91 Å². The zero-order chi connectivity index (χ0) is 20.9. The van der Waals surface area contributed by atoms with Crippen molar-refractivity contribution in [3.8, 4) is 16.9 Å². The second kappa shape index (κ2) is 9.26. The van der Waals surface area contributed by atoms with Gasteiger partial charge in [0, 0.05) is 11.8 Å². The number of aromatic nitrogens is 2. The number of nitrogens with one attached hydrogen (secondary N) is 1. The highest BCUT2D eigenvalue weighted by atomic mass is 16.2. The molecule has 1 aliphatic rings. The van der Waals surface area contributed by atoms with Crippen LogP contribution in [0.25, 0.3) is 16.9 Å². The summed E-state index contributed by atoms with van der Waals surface area (Å²) in [5.41, 5.74) is 4.67. The summed E-state index contributed by atoms with van der Waals surface area (Å²) in [4.78, 5) is 17.1. The fraction of sp³-hybridized carbons (Fsp3) is 0.360. The van der Waals surface area contributed by atoms with E-state index in [2.05, 4.69) is 38.1 Å². The molecule has 1 fully saturated rings. The number of rotatable bonds is 6. The van der Waals surface area contributed by atoms with Crippen LogP contribution in [-0.2, 0) is 6.42 Å². The van der Waals surface area contributed by atoms with Crippen LogP contribution < -0.4 is 4.90 Å². The maximum atomic E-state index is 13.5. The summed E-state index contributed by atoms with van der Waals surface area (Å²) < 4.78 is 1.83. The molecule has 5 heteroatoms.